The zero-order valence-corrected chi connectivity index (χ0v) is 14.5. The number of carboxylic acid groups (broad SMARTS) is 1. The van der Waals surface area contributed by atoms with Gasteiger partial charge in [0.2, 0.25) is 5.91 Å². The van der Waals surface area contributed by atoms with Gasteiger partial charge in [-0.15, -0.1) is 0 Å². The zero-order valence-electron chi connectivity index (χ0n) is 14.5. The lowest BCUT2D eigenvalue weighted by atomic mass is 9.81. The first-order valence-corrected chi connectivity index (χ1v) is 8.33. The van der Waals surface area contributed by atoms with Crippen LogP contribution in [0, 0.1) is 11.8 Å². The Morgan fingerprint density at radius 3 is 2.40 bits per heavy atom. The lowest BCUT2D eigenvalue weighted by Crippen LogP contribution is -2.29. The van der Waals surface area contributed by atoms with Crippen LogP contribution in [0.3, 0.4) is 0 Å². The predicted octanol–water partition coefficient (Wildman–Crippen LogP) is 1.98. The number of likely N-dealkylation sites (N-methyl/N-ethyl adjacent to an activating group) is 1. The maximum atomic E-state index is 12.4. The maximum Gasteiger partial charge on any atom is 0.306 e. The Morgan fingerprint density at radius 1 is 1.16 bits per heavy atom. The topological polar surface area (TPSA) is 95.9 Å². The molecule has 1 aliphatic carbocycles. The van der Waals surface area contributed by atoms with Crippen LogP contribution in [-0.4, -0.2) is 48.5 Å². The molecule has 1 aromatic carbocycles. The van der Waals surface area contributed by atoms with Gasteiger partial charge in [0, 0.05) is 31.8 Å². The second-order valence-electron chi connectivity index (χ2n) is 6.48. The summed E-state index contributed by atoms with van der Waals surface area (Å²) < 4.78 is 5.43. The minimum Gasteiger partial charge on any atom is -0.484 e. The third-order valence-corrected chi connectivity index (χ3v) is 4.41. The van der Waals surface area contributed by atoms with Crippen LogP contribution in [0.2, 0.25) is 0 Å². The highest BCUT2D eigenvalue weighted by Crippen LogP contribution is 2.30. The maximum absolute atomic E-state index is 12.4. The number of carbonyl (C=O) groups is 3. The van der Waals surface area contributed by atoms with Gasteiger partial charge in [0.1, 0.15) is 5.75 Å². The lowest BCUT2D eigenvalue weighted by Gasteiger charge is -2.25. The number of nitrogens with one attached hydrogen (secondary N) is 1. The largest absolute Gasteiger partial charge is 0.484 e. The van der Waals surface area contributed by atoms with E-state index in [2.05, 4.69) is 5.32 Å². The number of benzene rings is 1. The summed E-state index contributed by atoms with van der Waals surface area (Å²) in [7, 11) is 3.31. The van der Waals surface area contributed by atoms with Gasteiger partial charge in [0.15, 0.2) is 6.61 Å². The fourth-order valence-electron chi connectivity index (χ4n) is 2.78. The number of rotatable bonds is 6. The molecule has 2 rings (SSSR count). The Bertz CT molecular complexity index is 636. The van der Waals surface area contributed by atoms with Gasteiger partial charge in [-0.25, -0.2) is 0 Å². The van der Waals surface area contributed by atoms with Crippen molar-refractivity contribution in [3.63, 3.8) is 0 Å². The van der Waals surface area contributed by atoms with Crippen LogP contribution in [0.25, 0.3) is 0 Å². The standard InChI is InChI=1S/C18H24N2O5/c1-20(2)16(21)11-25-15-5-3-4-14(10-15)19-17(22)12-6-8-13(9-7-12)18(23)24/h3-5,10,12-13H,6-9,11H2,1-2H3,(H,19,22)(H,23,24). The number of hydrogen-bond donors (Lipinski definition) is 2. The number of anilines is 1. The van der Waals surface area contributed by atoms with E-state index in [-0.39, 0.29) is 30.3 Å². The van der Waals surface area contributed by atoms with E-state index in [1.165, 1.54) is 4.90 Å². The predicted molar refractivity (Wildman–Crippen MR) is 92.3 cm³/mol. The van der Waals surface area contributed by atoms with Gasteiger partial charge in [-0.3, -0.25) is 14.4 Å². The molecule has 1 fully saturated rings. The van der Waals surface area contributed by atoms with Crippen LogP contribution >= 0.6 is 0 Å². The summed E-state index contributed by atoms with van der Waals surface area (Å²) in [6, 6.07) is 6.88. The van der Waals surface area contributed by atoms with Gasteiger partial charge < -0.3 is 20.1 Å². The van der Waals surface area contributed by atoms with Crippen LogP contribution in [0.5, 0.6) is 5.75 Å². The summed E-state index contributed by atoms with van der Waals surface area (Å²) in [5, 5.41) is 11.9. The van der Waals surface area contributed by atoms with Crippen LogP contribution in [0.15, 0.2) is 24.3 Å². The third kappa shape index (κ3) is 5.48. The molecule has 0 aromatic heterocycles. The normalized spacial score (nSPS) is 19.8. The number of carboxylic acids is 1. The first-order chi connectivity index (χ1) is 11.9. The van der Waals surface area contributed by atoms with Crippen LogP contribution in [-0.2, 0) is 14.4 Å². The number of aliphatic carboxylic acids is 1. The van der Waals surface area contributed by atoms with Crippen LogP contribution in [0.1, 0.15) is 25.7 Å². The Balaban J connectivity index is 1.88. The van der Waals surface area contributed by atoms with Gasteiger partial charge in [-0.2, -0.15) is 0 Å². The highest BCUT2D eigenvalue weighted by atomic mass is 16.5. The van der Waals surface area contributed by atoms with Crippen molar-refractivity contribution in [2.45, 2.75) is 25.7 Å². The summed E-state index contributed by atoms with van der Waals surface area (Å²) in [4.78, 5) is 36.3. The average molecular weight is 348 g/mol. The third-order valence-electron chi connectivity index (χ3n) is 4.41. The monoisotopic (exact) mass is 348 g/mol. The molecule has 0 saturated heterocycles. The van der Waals surface area contributed by atoms with E-state index in [0.29, 0.717) is 37.1 Å². The highest BCUT2D eigenvalue weighted by molar-refractivity contribution is 5.92. The number of hydrogen-bond acceptors (Lipinski definition) is 4. The quantitative estimate of drug-likeness (QED) is 0.819. The number of nitrogens with zero attached hydrogens (tertiary/aromatic N) is 1. The molecule has 7 heteroatoms. The SMILES string of the molecule is CN(C)C(=O)COc1cccc(NC(=O)C2CCC(C(=O)O)CC2)c1. The number of ether oxygens (including phenoxy) is 1. The van der Waals surface area contributed by atoms with Crippen LogP contribution < -0.4 is 10.1 Å². The molecular formula is C18H24N2O5. The number of amides is 2. The van der Waals surface area contributed by atoms with Gasteiger partial charge >= 0.3 is 5.97 Å². The summed E-state index contributed by atoms with van der Waals surface area (Å²) in [6.07, 6.45) is 2.22. The minimum atomic E-state index is -0.782. The Hall–Kier alpha value is -2.57. The minimum absolute atomic E-state index is 0.0659. The summed E-state index contributed by atoms with van der Waals surface area (Å²) in [5.74, 6) is -1.04. The van der Waals surface area contributed by atoms with Crippen molar-refractivity contribution in [1.29, 1.82) is 0 Å². The van der Waals surface area contributed by atoms with Gasteiger partial charge in [0.05, 0.1) is 5.92 Å². The van der Waals surface area contributed by atoms with Crippen molar-refractivity contribution in [3.05, 3.63) is 24.3 Å². The van der Waals surface area contributed by atoms with Crippen molar-refractivity contribution in [2.75, 3.05) is 26.0 Å². The van der Waals surface area contributed by atoms with Crippen molar-refractivity contribution in [2.24, 2.45) is 11.8 Å². The van der Waals surface area contributed by atoms with Crippen molar-refractivity contribution in [1.82, 2.24) is 4.90 Å². The molecule has 0 heterocycles. The molecule has 0 unspecified atom stereocenters. The molecule has 2 amide bonds. The molecule has 0 aliphatic heterocycles. The molecular weight excluding hydrogens is 324 g/mol. The molecule has 0 atom stereocenters. The fourth-order valence-corrected chi connectivity index (χ4v) is 2.78. The Morgan fingerprint density at radius 2 is 1.80 bits per heavy atom. The van der Waals surface area contributed by atoms with E-state index < -0.39 is 5.97 Å². The summed E-state index contributed by atoms with van der Waals surface area (Å²) >= 11 is 0. The Labute approximate surface area is 147 Å². The smallest absolute Gasteiger partial charge is 0.306 e. The van der Waals surface area contributed by atoms with Crippen LogP contribution in [0.4, 0.5) is 5.69 Å². The molecule has 25 heavy (non-hydrogen) atoms. The van der Waals surface area contributed by atoms with Crippen molar-refractivity contribution in [3.8, 4) is 5.75 Å². The van der Waals surface area contributed by atoms with E-state index in [0.717, 1.165) is 0 Å². The van der Waals surface area contributed by atoms with E-state index in [4.69, 9.17) is 9.84 Å². The molecule has 1 saturated carbocycles. The zero-order chi connectivity index (χ0) is 18.4. The first kappa shape index (κ1) is 18.8. The van der Waals surface area contributed by atoms with E-state index >= 15 is 0 Å². The highest BCUT2D eigenvalue weighted by Gasteiger charge is 2.29. The molecule has 7 nitrogen and oxygen atoms in total. The lowest BCUT2D eigenvalue weighted by molar-refractivity contribution is -0.143. The molecule has 0 spiro atoms. The average Bonchev–Trinajstić information content (AvgIpc) is 2.60. The molecule has 2 N–H and O–H groups in total. The number of carbonyl (C=O) groups excluding carboxylic acids is 2. The molecule has 1 aromatic rings. The van der Waals surface area contributed by atoms with Gasteiger partial charge in [0.25, 0.3) is 5.91 Å². The first-order valence-electron chi connectivity index (χ1n) is 8.33. The van der Waals surface area contributed by atoms with E-state index in [9.17, 15) is 14.4 Å². The van der Waals surface area contributed by atoms with Crippen molar-refractivity contribution >= 4 is 23.5 Å². The summed E-state index contributed by atoms with van der Waals surface area (Å²) in [5.41, 5.74) is 0.597. The second kappa shape index (κ2) is 8.50. The molecule has 0 bridgehead atoms. The summed E-state index contributed by atoms with van der Waals surface area (Å²) in [6.45, 7) is -0.0659. The van der Waals surface area contributed by atoms with Gasteiger partial charge in [-0.05, 0) is 37.8 Å². The van der Waals surface area contributed by atoms with Crippen molar-refractivity contribution < 1.29 is 24.2 Å². The second-order valence-corrected chi connectivity index (χ2v) is 6.48. The van der Waals surface area contributed by atoms with E-state index in [1.807, 2.05) is 0 Å². The molecule has 1 aliphatic rings. The van der Waals surface area contributed by atoms with Gasteiger partial charge in [-0.1, -0.05) is 6.07 Å². The molecule has 0 radical (unpaired) electrons. The Kier molecular flexibility index (Phi) is 6.38. The van der Waals surface area contributed by atoms with E-state index in [1.54, 1.807) is 38.4 Å². The fraction of sp³-hybridized carbons (Fsp3) is 0.500. The molecule has 136 valence electrons.